The highest BCUT2D eigenvalue weighted by Crippen LogP contribution is 2.25. The summed E-state index contributed by atoms with van der Waals surface area (Å²) in [6.07, 6.45) is 4.94. The second-order valence-corrected chi connectivity index (χ2v) is 6.33. The van der Waals surface area contributed by atoms with Crippen LogP contribution in [0.25, 0.3) is 0 Å². The molecular weight excluding hydrogens is 343 g/mol. The molecule has 2 unspecified atom stereocenters. The van der Waals surface area contributed by atoms with Crippen molar-refractivity contribution in [2.45, 2.75) is 43.0 Å². The number of carbonyl (C=O) groups excluding carboxylic acids is 1. The topological polar surface area (TPSA) is 72.2 Å². The van der Waals surface area contributed by atoms with Crippen LogP contribution in [0.1, 0.15) is 42.5 Å². The van der Waals surface area contributed by atoms with Gasteiger partial charge in [-0.3, -0.25) is 14.9 Å². The Kier molecular flexibility index (Phi) is 5.27. The van der Waals surface area contributed by atoms with Crippen molar-refractivity contribution in [3.8, 4) is 0 Å². The lowest BCUT2D eigenvalue weighted by Gasteiger charge is -2.21. The van der Waals surface area contributed by atoms with Crippen LogP contribution in [0, 0.1) is 15.9 Å². The quantitative estimate of drug-likeness (QED) is 0.388. The normalized spacial score (nSPS) is 22.4. The Morgan fingerprint density at radius 2 is 2.05 bits per heavy atom. The highest BCUT2D eigenvalue weighted by atomic mass is 79.9. The molecular formula is C14H16BrFN2O3. The number of nitro groups is 1. The van der Waals surface area contributed by atoms with Gasteiger partial charge in [-0.25, -0.2) is 4.39 Å². The van der Waals surface area contributed by atoms with Crippen molar-refractivity contribution in [2.75, 3.05) is 0 Å². The number of nitrogens with zero attached hydrogens (tertiary/aromatic N) is 1. The lowest BCUT2D eigenvalue weighted by Crippen LogP contribution is -2.40. The summed E-state index contributed by atoms with van der Waals surface area (Å²) in [5, 5.41) is 13.7. The van der Waals surface area contributed by atoms with Crippen LogP contribution < -0.4 is 5.32 Å². The third-order valence-electron chi connectivity index (χ3n) is 3.65. The van der Waals surface area contributed by atoms with Gasteiger partial charge in [-0.05, 0) is 25.0 Å². The van der Waals surface area contributed by atoms with Crippen molar-refractivity contribution in [1.29, 1.82) is 0 Å². The predicted octanol–water partition coefficient (Wildman–Crippen LogP) is 3.56. The maximum atomic E-state index is 13.3. The molecule has 1 aromatic carbocycles. The maximum Gasteiger partial charge on any atom is 0.282 e. The van der Waals surface area contributed by atoms with E-state index in [1.54, 1.807) is 0 Å². The van der Waals surface area contributed by atoms with Crippen LogP contribution in [-0.2, 0) is 0 Å². The lowest BCUT2D eigenvalue weighted by molar-refractivity contribution is -0.385. The zero-order valence-corrected chi connectivity index (χ0v) is 12.9. The molecule has 0 bridgehead atoms. The van der Waals surface area contributed by atoms with Gasteiger partial charge in [0.15, 0.2) is 0 Å². The van der Waals surface area contributed by atoms with E-state index in [0.29, 0.717) is 0 Å². The van der Waals surface area contributed by atoms with E-state index in [-0.39, 0.29) is 22.1 Å². The fourth-order valence-electron chi connectivity index (χ4n) is 2.52. The van der Waals surface area contributed by atoms with E-state index in [4.69, 9.17) is 0 Å². The number of alkyl halides is 1. The number of halogens is 2. The van der Waals surface area contributed by atoms with Gasteiger partial charge in [0.2, 0.25) is 0 Å². The first-order chi connectivity index (χ1) is 9.99. The maximum absolute atomic E-state index is 13.3. The zero-order valence-electron chi connectivity index (χ0n) is 11.4. The molecule has 21 heavy (non-hydrogen) atoms. The van der Waals surface area contributed by atoms with Crippen molar-refractivity contribution in [3.05, 3.63) is 39.7 Å². The van der Waals surface area contributed by atoms with Gasteiger partial charge in [-0.1, -0.05) is 35.2 Å². The minimum Gasteiger partial charge on any atom is -0.348 e. The first-order valence-electron chi connectivity index (χ1n) is 6.88. The molecule has 0 heterocycles. The Bertz CT molecular complexity index is 553. The standard InChI is InChI=1S/C14H16BrFN2O3/c15-11-4-2-1-3-5-12(11)17-14(19)10-8-9(16)6-7-13(10)18(20)21/h6-8,11-12H,1-5H2,(H,17,19). The van der Waals surface area contributed by atoms with Crippen molar-refractivity contribution in [2.24, 2.45) is 0 Å². The fourth-order valence-corrected chi connectivity index (χ4v) is 3.24. The Labute approximate surface area is 130 Å². The summed E-state index contributed by atoms with van der Waals surface area (Å²) in [4.78, 5) is 22.7. The fraction of sp³-hybridized carbons (Fsp3) is 0.500. The van der Waals surface area contributed by atoms with E-state index in [2.05, 4.69) is 21.2 Å². The summed E-state index contributed by atoms with van der Waals surface area (Å²) in [5.41, 5.74) is -0.613. The molecule has 1 saturated carbocycles. The van der Waals surface area contributed by atoms with Gasteiger partial charge in [-0.15, -0.1) is 0 Å². The molecule has 1 aromatic rings. The Morgan fingerprint density at radius 3 is 2.76 bits per heavy atom. The van der Waals surface area contributed by atoms with Crippen molar-refractivity contribution in [1.82, 2.24) is 5.32 Å². The van der Waals surface area contributed by atoms with Crippen LogP contribution >= 0.6 is 15.9 Å². The van der Waals surface area contributed by atoms with E-state index in [0.717, 1.165) is 50.3 Å². The summed E-state index contributed by atoms with van der Waals surface area (Å²) < 4.78 is 13.3. The summed E-state index contributed by atoms with van der Waals surface area (Å²) >= 11 is 3.54. The molecule has 1 N–H and O–H groups in total. The summed E-state index contributed by atoms with van der Waals surface area (Å²) in [7, 11) is 0. The summed E-state index contributed by atoms with van der Waals surface area (Å²) in [6, 6.07) is 2.81. The van der Waals surface area contributed by atoms with Gasteiger partial charge >= 0.3 is 0 Å². The zero-order chi connectivity index (χ0) is 15.4. The SMILES string of the molecule is O=C(NC1CCCCCC1Br)c1cc(F)ccc1[N+](=O)[O-]. The Morgan fingerprint density at radius 1 is 1.33 bits per heavy atom. The van der Waals surface area contributed by atoms with Crippen LogP contribution in [0.2, 0.25) is 0 Å². The second-order valence-electron chi connectivity index (χ2n) is 5.15. The molecule has 0 aliphatic heterocycles. The van der Waals surface area contributed by atoms with Gasteiger partial charge in [0.05, 0.1) is 4.92 Å². The third-order valence-corrected chi connectivity index (χ3v) is 4.74. The number of benzene rings is 1. The number of carbonyl (C=O) groups is 1. The first kappa shape index (κ1) is 15.9. The van der Waals surface area contributed by atoms with Crippen molar-refractivity contribution >= 4 is 27.5 Å². The monoisotopic (exact) mass is 358 g/mol. The number of nitro benzene ring substituents is 1. The molecule has 7 heteroatoms. The number of amides is 1. The molecule has 0 aromatic heterocycles. The van der Waals surface area contributed by atoms with E-state index < -0.39 is 16.6 Å². The minimum absolute atomic E-state index is 0.0946. The van der Waals surface area contributed by atoms with Gasteiger partial charge in [0.25, 0.3) is 11.6 Å². The Balaban J connectivity index is 2.19. The largest absolute Gasteiger partial charge is 0.348 e. The molecule has 1 aliphatic rings. The number of hydrogen-bond donors (Lipinski definition) is 1. The van der Waals surface area contributed by atoms with E-state index >= 15 is 0 Å². The summed E-state index contributed by atoms with van der Waals surface area (Å²) in [5.74, 6) is -1.26. The van der Waals surface area contributed by atoms with Gasteiger partial charge in [0, 0.05) is 16.9 Å². The van der Waals surface area contributed by atoms with Gasteiger partial charge < -0.3 is 5.32 Å². The van der Waals surface area contributed by atoms with Gasteiger partial charge in [-0.2, -0.15) is 0 Å². The van der Waals surface area contributed by atoms with Crippen LogP contribution in [0.4, 0.5) is 10.1 Å². The molecule has 0 radical (unpaired) electrons. The van der Waals surface area contributed by atoms with Crippen molar-refractivity contribution < 1.29 is 14.1 Å². The highest BCUT2D eigenvalue weighted by molar-refractivity contribution is 9.09. The Hall–Kier alpha value is -1.50. The van der Waals surface area contributed by atoms with Gasteiger partial charge in [0.1, 0.15) is 11.4 Å². The molecule has 2 atom stereocenters. The van der Waals surface area contributed by atoms with Crippen LogP contribution in [-0.4, -0.2) is 21.7 Å². The minimum atomic E-state index is -0.674. The van der Waals surface area contributed by atoms with Crippen molar-refractivity contribution in [3.63, 3.8) is 0 Å². The predicted molar refractivity (Wildman–Crippen MR) is 80.1 cm³/mol. The van der Waals surface area contributed by atoms with Crippen LogP contribution in [0.3, 0.4) is 0 Å². The van der Waals surface area contributed by atoms with E-state index in [1.807, 2.05) is 0 Å². The third kappa shape index (κ3) is 4.00. The van der Waals surface area contributed by atoms with E-state index in [1.165, 1.54) is 0 Å². The molecule has 5 nitrogen and oxygen atoms in total. The first-order valence-corrected chi connectivity index (χ1v) is 7.79. The summed E-state index contributed by atoms with van der Waals surface area (Å²) in [6.45, 7) is 0. The van der Waals surface area contributed by atoms with E-state index in [9.17, 15) is 19.3 Å². The number of rotatable bonds is 3. The molecule has 1 amide bonds. The molecule has 2 rings (SSSR count). The molecule has 1 fully saturated rings. The lowest BCUT2D eigenvalue weighted by atomic mass is 10.1. The smallest absolute Gasteiger partial charge is 0.282 e. The molecule has 0 spiro atoms. The number of hydrogen-bond acceptors (Lipinski definition) is 3. The second kappa shape index (κ2) is 6.98. The molecule has 114 valence electrons. The number of nitrogens with one attached hydrogen (secondary N) is 1. The molecule has 1 aliphatic carbocycles. The van der Waals surface area contributed by atoms with Crippen LogP contribution in [0.15, 0.2) is 18.2 Å². The van der Waals surface area contributed by atoms with Crippen LogP contribution in [0.5, 0.6) is 0 Å². The average Bonchev–Trinajstić information content (AvgIpc) is 2.63. The molecule has 0 saturated heterocycles. The highest BCUT2D eigenvalue weighted by Gasteiger charge is 2.27. The average molecular weight is 359 g/mol.